The van der Waals surface area contributed by atoms with Crippen LogP contribution in [0.5, 0.6) is 0 Å². The van der Waals surface area contributed by atoms with Gasteiger partial charge >= 0.3 is 8.56 Å². The van der Waals surface area contributed by atoms with Crippen LogP contribution in [0.15, 0.2) is 0 Å². The summed E-state index contributed by atoms with van der Waals surface area (Å²) in [6, 6.07) is 2.38. The lowest BCUT2D eigenvalue weighted by atomic mass is 10.1. The zero-order valence-corrected chi connectivity index (χ0v) is 16.2. The summed E-state index contributed by atoms with van der Waals surface area (Å²) in [5.41, 5.74) is 0. The van der Waals surface area contributed by atoms with E-state index >= 15 is 0 Å². The largest absolute Gasteiger partial charge is 0.394 e. The summed E-state index contributed by atoms with van der Waals surface area (Å²) in [5, 5.41) is 0. The van der Waals surface area contributed by atoms with E-state index in [2.05, 4.69) is 27.7 Å². The molecule has 0 aromatic heterocycles. The van der Waals surface area contributed by atoms with Gasteiger partial charge in [0.1, 0.15) is 0 Å². The number of unbranched alkanes of at least 4 members (excludes halogenated alkanes) is 8. The molecule has 0 saturated carbocycles. The van der Waals surface area contributed by atoms with Crippen molar-refractivity contribution >= 4 is 8.56 Å². The van der Waals surface area contributed by atoms with E-state index in [-0.39, 0.29) is 0 Å². The minimum Gasteiger partial charge on any atom is -0.394 e. The predicted molar refractivity (Wildman–Crippen MR) is 96.1 cm³/mol. The molecule has 0 bridgehead atoms. The van der Waals surface area contributed by atoms with Gasteiger partial charge in [-0.1, -0.05) is 78.1 Å². The highest BCUT2D eigenvalue weighted by atomic mass is 28.4. The van der Waals surface area contributed by atoms with Gasteiger partial charge in [0, 0.05) is 13.2 Å². The number of hydrogen-bond acceptors (Lipinski definition) is 2. The third kappa shape index (κ3) is 11.4. The number of hydrogen-bond donors (Lipinski definition) is 0. The SMILES string of the molecule is CCCCCCCCCC[Si](CCCC)(OCC)OCC. The van der Waals surface area contributed by atoms with Gasteiger partial charge in [-0.15, -0.1) is 0 Å². The Hall–Kier alpha value is 0.137. The lowest BCUT2D eigenvalue weighted by Crippen LogP contribution is -2.42. The van der Waals surface area contributed by atoms with Crippen LogP contribution in [0.25, 0.3) is 0 Å². The van der Waals surface area contributed by atoms with Gasteiger partial charge in [-0.3, -0.25) is 0 Å². The fourth-order valence-electron chi connectivity index (χ4n) is 2.96. The van der Waals surface area contributed by atoms with Gasteiger partial charge in [0.05, 0.1) is 0 Å². The molecular weight excluding hydrogens is 276 g/mol. The smallest absolute Gasteiger partial charge is 0.338 e. The molecule has 0 aromatic rings. The molecule has 2 nitrogen and oxygen atoms in total. The summed E-state index contributed by atoms with van der Waals surface area (Å²) in [6.07, 6.45) is 13.5. The minimum atomic E-state index is -1.90. The van der Waals surface area contributed by atoms with E-state index in [9.17, 15) is 0 Å². The molecule has 0 aliphatic rings. The Bertz CT molecular complexity index is 203. The van der Waals surface area contributed by atoms with Gasteiger partial charge in [-0.25, -0.2) is 0 Å². The lowest BCUT2D eigenvalue weighted by molar-refractivity contribution is 0.180. The van der Waals surface area contributed by atoms with Crippen LogP contribution in [-0.4, -0.2) is 21.8 Å². The number of rotatable bonds is 16. The normalized spacial score (nSPS) is 12.0. The first-order chi connectivity index (χ1) is 10.2. The average Bonchev–Trinajstić information content (AvgIpc) is 2.48. The molecule has 0 spiro atoms. The van der Waals surface area contributed by atoms with E-state index in [1.807, 2.05) is 0 Å². The Kier molecular flexibility index (Phi) is 15.1. The molecule has 0 fully saturated rings. The first-order valence-electron chi connectivity index (χ1n) is 9.52. The van der Waals surface area contributed by atoms with Crippen molar-refractivity contribution in [3.63, 3.8) is 0 Å². The second-order valence-electron chi connectivity index (χ2n) is 6.11. The van der Waals surface area contributed by atoms with Crippen molar-refractivity contribution in [1.82, 2.24) is 0 Å². The highest BCUT2D eigenvalue weighted by molar-refractivity contribution is 6.67. The molecule has 0 aliphatic heterocycles. The Balaban J connectivity index is 3.92. The van der Waals surface area contributed by atoms with E-state index in [4.69, 9.17) is 8.85 Å². The van der Waals surface area contributed by atoms with Crippen LogP contribution in [-0.2, 0) is 8.85 Å². The Morgan fingerprint density at radius 2 is 0.952 bits per heavy atom. The summed E-state index contributed by atoms with van der Waals surface area (Å²) in [4.78, 5) is 0. The van der Waals surface area contributed by atoms with Gasteiger partial charge in [0.15, 0.2) is 0 Å². The van der Waals surface area contributed by atoms with Crippen LogP contribution >= 0.6 is 0 Å². The molecule has 0 saturated heterocycles. The fourth-order valence-corrected chi connectivity index (χ4v) is 6.60. The molecule has 0 atom stereocenters. The summed E-state index contributed by atoms with van der Waals surface area (Å²) in [7, 11) is -1.90. The van der Waals surface area contributed by atoms with Crippen molar-refractivity contribution in [2.45, 2.75) is 104 Å². The maximum atomic E-state index is 6.15. The first-order valence-corrected chi connectivity index (χ1v) is 11.8. The predicted octanol–water partition coefficient (Wildman–Crippen LogP) is 6.44. The molecule has 0 rings (SSSR count). The van der Waals surface area contributed by atoms with Gasteiger partial charge < -0.3 is 8.85 Å². The second kappa shape index (κ2) is 15.0. The minimum absolute atomic E-state index is 0.812. The molecule has 0 heterocycles. The van der Waals surface area contributed by atoms with Crippen molar-refractivity contribution in [2.24, 2.45) is 0 Å². The van der Waals surface area contributed by atoms with Crippen LogP contribution in [0, 0.1) is 0 Å². The highest BCUT2D eigenvalue weighted by Gasteiger charge is 2.35. The molecule has 128 valence electrons. The Morgan fingerprint density at radius 3 is 1.43 bits per heavy atom. The van der Waals surface area contributed by atoms with Gasteiger partial charge in [-0.2, -0.15) is 0 Å². The molecule has 0 aromatic carbocycles. The maximum absolute atomic E-state index is 6.15. The standard InChI is InChI=1S/C18H40O2Si/c1-5-9-11-12-13-14-15-16-18-21(19-7-3,20-8-4)17-10-6-2/h5-18H2,1-4H3. The first kappa shape index (κ1) is 21.1. The van der Waals surface area contributed by atoms with Crippen LogP contribution in [0.2, 0.25) is 12.1 Å². The third-order valence-electron chi connectivity index (χ3n) is 4.14. The summed E-state index contributed by atoms with van der Waals surface area (Å²) < 4.78 is 12.3. The van der Waals surface area contributed by atoms with Crippen molar-refractivity contribution in [3.8, 4) is 0 Å². The Morgan fingerprint density at radius 1 is 0.524 bits per heavy atom. The zero-order chi connectivity index (χ0) is 15.8. The van der Waals surface area contributed by atoms with E-state index in [1.165, 1.54) is 76.3 Å². The maximum Gasteiger partial charge on any atom is 0.338 e. The molecule has 0 unspecified atom stereocenters. The molecular formula is C18H40O2Si. The molecule has 0 amide bonds. The monoisotopic (exact) mass is 316 g/mol. The van der Waals surface area contributed by atoms with E-state index in [1.54, 1.807) is 0 Å². The molecule has 3 heteroatoms. The van der Waals surface area contributed by atoms with Gasteiger partial charge in [0.25, 0.3) is 0 Å². The van der Waals surface area contributed by atoms with Crippen LogP contribution in [0.4, 0.5) is 0 Å². The van der Waals surface area contributed by atoms with Crippen molar-refractivity contribution in [3.05, 3.63) is 0 Å². The third-order valence-corrected chi connectivity index (χ3v) is 8.00. The highest BCUT2D eigenvalue weighted by Crippen LogP contribution is 2.25. The van der Waals surface area contributed by atoms with E-state index in [0.29, 0.717) is 0 Å². The quantitative estimate of drug-likeness (QED) is 0.241. The van der Waals surface area contributed by atoms with Gasteiger partial charge in [0.2, 0.25) is 0 Å². The van der Waals surface area contributed by atoms with E-state index in [0.717, 1.165) is 13.2 Å². The second-order valence-corrected chi connectivity index (χ2v) is 9.50. The lowest BCUT2D eigenvalue weighted by Gasteiger charge is -2.30. The molecule has 0 N–H and O–H groups in total. The van der Waals surface area contributed by atoms with Crippen LogP contribution in [0.1, 0.15) is 91.9 Å². The molecule has 0 aliphatic carbocycles. The van der Waals surface area contributed by atoms with Crippen LogP contribution in [0.3, 0.4) is 0 Å². The van der Waals surface area contributed by atoms with Gasteiger partial charge in [-0.05, 0) is 25.9 Å². The average molecular weight is 317 g/mol. The van der Waals surface area contributed by atoms with Crippen molar-refractivity contribution in [1.29, 1.82) is 0 Å². The van der Waals surface area contributed by atoms with E-state index < -0.39 is 8.56 Å². The van der Waals surface area contributed by atoms with Crippen LogP contribution < -0.4 is 0 Å². The Labute approximate surface area is 135 Å². The fraction of sp³-hybridized carbons (Fsp3) is 1.00. The zero-order valence-electron chi connectivity index (χ0n) is 15.2. The summed E-state index contributed by atoms with van der Waals surface area (Å²) in [5.74, 6) is 0. The molecule has 21 heavy (non-hydrogen) atoms. The topological polar surface area (TPSA) is 18.5 Å². The molecule has 0 radical (unpaired) electrons. The summed E-state index contributed by atoms with van der Waals surface area (Å²) in [6.45, 7) is 10.4. The van der Waals surface area contributed by atoms with Crippen molar-refractivity contribution < 1.29 is 8.85 Å². The summed E-state index contributed by atoms with van der Waals surface area (Å²) >= 11 is 0. The van der Waals surface area contributed by atoms with Crippen molar-refractivity contribution in [2.75, 3.05) is 13.2 Å².